The molecule has 1 aliphatic rings. The fourth-order valence-electron chi connectivity index (χ4n) is 1.65. The fraction of sp³-hybridized carbons (Fsp3) is 0.250. The molecular weight excluding hydrogens is 218 g/mol. The molecule has 0 aliphatic carbocycles. The average molecular weight is 231 g/mol. The summed E-state index contributed by atoms with van der Waals surface area (Å²) in [7, 11) is 0. The van der Waals surface area contributed by atoms with Crippen LogP contribution in [0.15, 0.2) is 29.4 Å². The minimum absolute atomic E-state index is 0.0326. The van der Waals surface area contributed by atoms with Crippen molar-refractivity contribution < 1.29 is 9.59 Å². The molecule has 17 heavy (non-hydrogen) atoms. The van der Waals surface area contributed by atoms with E-state index in [1.165, 1.54) is 11.9 Å². The first-order valence-electron chi connectivity index (χ1n) is 5.31. The summed E-state index contributed by atoms with van der Waals surface area (Å²) in [4.78, 5) is 22.4. The molecule has 0 fully saturated rings. The maximum atomic E-state index is 11.6. The molecule has 1 N–H and O–H groups in total. The van der Waals surface area contributed by atoms with Crippen molar-refractivity contribution >= 4 is 28.9 Å². The smallest absolute Gasteiger partial charge is 0.253 e. The van der Waals surface area contributed by atoms with Gasteiger partial charge in [-0.15, -0.1) is 0 Å². The monoisotopic (exact) mass is 231 g/mol. The number of hydrogen-bond donors (Lipinski definition) is 1. The Morgan fingerprint density at radius 2 is 2.00 bits per heavy atom. The third kappa shape index (κ3) is 2.50. The molecule has 0 bridgehead atoms. The molecule has 0 unspecified atom stereocenters. The van der Waals surface area contributed by atoms with E-state index in [4.69, 9.17) is 0 Å². The second-order valence-corrected chi connectivity index (χ2v) is 3.95. The maximum absolute atomic E-state index is 11.6. The van der Waals surface area contributed by atoms with E-state index in [1.54, 1.807) is 24.3 Å². The normalized spacial score (nSPS) is 14.8. The minimum atomic E-state index is -0.121. The van der Waals surface area contributed by atoms with Crippen molar-refractivity contribution in [3.63, 3.8) is 0 Å². The lowest BCUT2D eigenvalue weighted by Crippen LogP contribution is -2.19. The average Bonchev–Trinajstić information content (AvgIpc) is 2.58. The number of nitrogens with one attached hydrogen (secondary N) is 1. The summed E-state index contributed by atoms with van der Waals surface area (Å²) >= 11 is 0. The van der Waals surface area contributed by atoms with Crippen molar-refractivity contribution in [2.75, 3.05) is 10.3 Å². The van der Waals surface area contributed by atoms with Crippen molar-refractivity contribution in [1.29, 1.82) is 0 Å². The maximum Gasteiger partial charge on any atom is 0.253 e. The number of carbonyl (C=O) groups is 2. The molecule has 1 aliphatic heterocycles. The number of amides is 2. The van der Waals surface area contributed by atoms with Gasteiger partial charge in [-0.25, -0.2) is 5.01 Å². The molecule has 1 aromatic carbocycles. The third-order valence-electron chi connectivity index (χ3n) is 2.35. The highest BCUT2D eigenvalue weighted by Crippen LogP contribution is 2.22. The summed E-state index contributed by atoms with van der Waals surface area (Å²) in [5, 5.41) is 8.19. The summed E-state index contributed by atoms with van der Waals surface area (Å²) in [6, 6.07) is 7.00. The van der Waals surface area contributed by atoms with Gasteiger partial charge in [-0.3, -0.25) is 9.59 Å². The van der Waals surface area contributed by atoms with Gasteiger partial charge in [-0.2, -0.15) is 5.10 Å². The summed E-state index contributed by atoms with van der Waals surface area (Å²) in [6.07, 6.45) is 0.368. The van der Waals surface area contributed by atoms with Gasteiger partial charge < -0.3 is 5.32 Å². The van der Waals surface area contributed by atoms with Crippen LogP contribution in [0.3, 0.4) is 0 Å². The first kappa shape index (κ1) is 11.3. The number of nitrogens with zero attached hydrogens (tertiary/aromatic N) is 2. The molecular formula is C12H13N3O2. The molecule has 88 valence electrons. The van der Waals surface area contributed by atoms with Crippen LogP contribution < -0.4 is 10.3 Å². The quantitative estimate of drug-likeness (QED) is 0.843. The van der Waals surface area contributed by atoms with Crippen LogP contribution in [-0.2, 0) is 9.59 Å². The standard InChI is InChI=1S/C12H13N3O2/c1-8-7-12(17)15(14-8)11-5-3-10(4-6-11)13-9(2)16/h3-6H,7H2,1-2H3,(H,13,16). The van der Waals surface area contributed by atoms with Gasteiger partial charge >= 0.3 is 0 Å². The van der Waals surface area contributed by atoms with E-state index in [0.717, 1.165) is 5.71 Å². The highest BCUT2D eigenvalue weighted by atomic mass is 16.2. The van der Waals surface area contributed by atoms with Crippen molar-refractivity contribution in [3.8, 4) is 0 Å². The van der Waals surface area contributed by atoms with E-state index < -0.39 is 0 Å². The first-order chi connectivity index (χ1) is 8.06. The zero-order chi connectivity index (χ0) is 12.4. The summed E-state index contributed by atoms with van der Waals surface area (Å²) < 4.78 is 0. The first-order valence-corrected chi connectivity index (χ1v) is 5.31. The predicted octanol–water partition coefficient (Wildman–Crippen LogP) is 1.76. The van der Waals surface area contributed by atoms with Crippen LogP contribution in [0, 0.1) is 0 Å². The Hall–Kier alpha value is -2.17. The predicted molar refractivity (Wildman–Crippen MR) is 66.0 cm³/mol. The van der Waals surface area contributed by atoms with E-state index in [2.05, 4.69) is 10.4 Å². The van der Waals surface area contributed by atoms with E-state index >= 15 is 0 Å². The minimum Gasteiger partial charge on any atom is -0.326 e. The molecule has 0 aromatic heterocycles. The Kier molecular flexibility index (Phi) is 2.91. The fourth-order valence-corrected chi connectivity index (χ4v) is 1.65. The van der Waals surface area contributed by atoms with Crippen molar-refractivity contribution in [2.45, 2.75) is 20.3 Å². The zero-order valence-electron chi connectivity index (χ0n) is 9.73. The van der Waals surface area contributed by atoms with Gasteiger partial charge in [-0.1, -0.05) is 0 Å². The largest absolute Gasteiger partial charge is 0.326 e. The molecule has 1 aromatic rings. The van der Waals surface area contributed by atoms with Gasteiger partial charge in [0.05, 0.1) is 12.1 Å². The van der Waals surface area contributed by atoms with Gasteiger partial charge in [0, 0.05) is 18.3 Å². The second kappa shape index (κ2) is 4.37. The Labute approximate surface area is 99.1 Å². The molecule has 2 rings (SSSR count). The number of hydrogen-bond acceptors (Lipinski definition) is 3. The van der Waals surface area contributed by atoms with Crippen molar-refractivity contribution in [2.24, 2.45) is 5.10 Å². The highest BCUT2D eigenvalue weighted by molar-refractivity contribution is 6.12. The van der Waals surface area contributed by atoms with Crippen LogP contribution in [0.25, 0.3) is 0 Å². The van der Waals surface area contributed by atoms with Gasteiger partial charge in [0.1, 0.15) is 0 Å². The molecule has 0 saturated carbocycles. The van der Waals surface area contributed by atoms with Gasteiger partial charge in [0.2, 0.25) is 5.91 Å². The van der Waals surface area contributed by atoms with Crippen LogP contribution in [0.2, 0.25) is 0 Å². The highest BCUT2D eigenvalue weighted by Gasteiger charge is 2.22. The van der Waals surface area contributed by atoms with Crippen LogP contribution in [0.1, 0.15) is 20.3 Å². The topological polar surface area (TPSA) is 61.8 Å². The van der Waals surface area contributed by atoms with Crippen LogP contribution >= 0.6 is 0 Å². The lowest BCUT2D eigenvalue weighted by atomic mass is 10.2. The molecule has 5 nitrogen and oxygen atoms in total. The van der Waals surface area contributed by atoms with Gasteiger partial charge in [0.15, 0.2) is 0 Å². The van der Waals surface area contributed by atoms with Crippen molar-refractivity contribution in [3.05, 3.63) is 24.3 Å². The van der Waals surface area contributed by atoms with Crippen LogP contribution in [-0.4, -0.2) is 17.5 Å². The Balaban J connectivity index is 2.18. The number of anilines is 2. The van der Waals surface area contributed by atoms with E-state index in [1.807, 2.05) is 6.92 Å². The molecule has 0 atom stereocenters. The summed E-state index contributed by atoms with van der Waals surface area (Å²) in [6.45, 7) is 3.27. The molecule has 2 amide bonds. The molecule has 0 spiro atoms. The lowest BCUT2D eigenvalue weighted by Gasteiger charge is -2.12. The van der Waals surface area contributed by atoms with Crippen LogP contribution in [0.5, 0.6) is 0 Å². The molecule has 1 heterocycles. The molecule has 5 heteroatoms. The Morgan fingerprint density at radius 3 is 2.47 bits per heavy atom. The SMILES string of the molecule is CC(=O)Nc1ccc(N2N=C(C)CC2=O)cc1. The number of benzene rings is 1. The van der Waals surface area contributed by atoms with E-state index in [0.29, 0.717) is 17.8 Å². The molecule has 0 saturated heterocycles. The second-order valence-electron chi connectivity index (χ2n) is 3.95. The lowest BCUT2D eigenvalue weighted by molar-refractivity contribution is -0.117. The van der Waals surface area contributed by atoms with E-state index in [-0.39, 0.29) is 11.8 Å². The summed E-state index contributed by atoms with van der Waals surface area (Å²) in [5.41, 5.74) is 2.22. The van der Waals surface area contributed by atoms with E-state index in [9.17, 15) is 9.59 Å². The number of carbonyl (C=O) groups excluding carboxylic acids is 2. The summed E-state index contributed by atoms with van der Waals surface area (Å²) in [5.74, 6) is -0.154. The Morgan fingerprint density at radius 1 is 1.35 bits per heavy atom. The molecule has 0 radical (unpaired) electrons. The zero-order valence-corrected chi connectivity index (χ0v) is 9.73. The number of hydrazone groups is 1. The van der Waals surface area contributed by atoms with Crippen LogP contribution in [0.4, 0.5) is 11.4 Å². The Bertz CT molecular complexity index is 491. The van der Waals surface area contributed by atoms with Gasteiger partial charge in [-0.05, 0) is 31.2 Å². The van der Waals surface area contributed by atoms with Crippen molar-refractivity contribution in [1.82, 2.24) is 0 Å². The van der Waals surface area contributed by atoms with Gasteiger partial charge in [0.25, 0.3) is 5.91 Å². The number of rotatable bonds is 2. The third-order valence-corrected chi connectivity index (χ3v) is 2.35.